The minimum atomic E-state index is -0.0769. The summed E-state index contributed by atoms with van der Waals surface area (Å²) in [5, 5.41) is 8.00. The third-order valence-electron chi connectivity index (χ3n) is 4.73. The van der Waals surface area contributed by atoms with Crippen LogP contribution in [0.25, 0.3) is 22.0 Å². The van der Waals surface area contributed by atoms with Gasteiger partial charge in [-0.3, -0.25) is 19.4 Å². The highest BCUT2D eigenvalue weighted by Crippen LogP contribution is 2.23. The fourth-order valence-corrected chi connectivity index (χ4v) is 3.19. The largest absolute Gasteiger partial charge is 0.379 e. The highest BCUT2D eigenvalue weighted by Gasteiger charge is 2.21. The van der Waals surface area contributed by atoms with E-state index in [1.54, 1.807) is 23.3 Å². The molecule has 4 rings (SSSR count). The molecular weight excluding hydrogens is 344 g/mol. The Kier molecular flexibility index (Phi) is 4.83. The van der Waals surface area contributed by atoms with Gasteiger partial charge in [0.25, 0.3) is 0 Å². The number of aryl methyl sites for hydroxylation is 1. The number of amides is 1. The van der Waals surface area contributed by atoms with Crippen molar-refractivity contribution in [1.29, 1.82) is 0 Å². The molecule has 1 atom stereocenters. The summed E-state index contributed by atoms with van der Waals surface area (Å²) in [6.07, 6.45) is 7.22. The number of rotatable bonds is 4. The Balaban J connectivity index is 1.51. The van der Waals surface area contributed by atoms with E-state index in [2.05, 4.69) is 32.2 Å². The number of carbonyl (C=O) groups excluding carboxylic acids is 1. The molecule has 0 spiro atoms. The maximum absolute atomic E-state index is 12.4. The van der Waals surface area contributed by atoms with Crippen LogP contribution in [0.5, 0.6) is 0 Å². The van der Waals surface area contributed by atoms with Crippen molar-refractivity contribution in [1.82, 2.24) is 24.6 Å². The van der Waals surface area contributed by atoms with Crippen LogP contribution in [0.4, 0.5) is 5.82 Å². The zero-order valence-corrected chi connectivity index (χ0v) is 15.4. The van der Waals surface area contributed by atoms with Crippen LogP contribution in [0.2, 0.25) is 0 Å². The summed E-state index contributed by atoms with van der Waals surface area (Å²) < 4.78 is 7.16. The zero-order valence-electron chi connectivity index (χ0n) is 15.4. The number of morpholine rings is 1. The van der Waals surface area contributed by atoms with E-state index >= 15 is 0 Å². The van der Waals surface area contributed by atoms with Crippen molar-refractivity contribution in [2.24, 2.45) is 7.05 Å². The van der Waals surface area contributed by atoms with E-state index in [0.717, 1.165) is 28.6 Å². The maximum atomic E-state index is 12.4. The van der Waals surface area contributed by atoms with Gasteiger partial charge >= 0.3 is 0 Å². The summed E-state index contributed by atoms with van der Waals surface area (Å²) >= 11 is 0. The Labute approximate surface area is 157 Å². The molecular formula is C19H22N6O2. The van der Waals surface area contributed by atoms with Gasteiger partial charge in [0.05, 0.1) is 37.7 Å². The molecule has 8 nitrogen and oxygen atoms in total. The summed E-state index contributed by atoms with van der Waals surface area (Å²) in [4.78, 5) is 23.3. The fraction of sp³-hybridized carbons (Fsp3) is 0.368. The van der Waals surface area contributed by atoms with Crippen LogP contribution in [0, 0.1) is 0 Å². The van der Waals surface area contributed by atoms with Crippen molar-refractivity contribution in [3.8, 4) is 11.1 Å². The van der Waals surface area contributed by atoms with E-state index in [1.807, 2.05) is 25.4 Å². The monoisotopic (exact) mass is 366 g/mol. The standard InChI is InChI=1S/C19H22N6O2/c1-13-12-27-4-3-25(13)11-19(26)23-18-6-14-5-15(7-20-17(14)9-21-18)16-8-22-24(2)10-16/h5-10,13H,3-4,11-12H2,1-2H3,(H,21,23,26). The third kappa shape index (κ3) is 3.96. The van der Waals surface area contributed by atoms with Crippen LogP contribution in [-0.4, -0.2) is 62.9 Å². The number of hydrogen-bond acceptors (Lipinski definition) is 6. The SMILES string of the molecule is CC1COCCN1CC(=O)Nc1cc2cc(-c3cnn(C)c3)cnc2cn1. The lowest BCUT2D eigenvalue weighted by molar-refractivity contribution is -0.119. The van der Waals surface area contributed by atoms with Crippen LogP contribution in [-0.2, 0) is 16.6 Å². The Bertz CT molecular complexity index is 970. The van der Waals surface area contributed by atoms with Crippen molar-refractivity contribution >= 4 is 22.6 Å². The van der Waals surface area contributed by atoms with Gasteiger partial charge in [0.2, 0.25) is 5.91 Å². The Morgan fingerprint density at radius 2 is 2.15 bits per heavy atom. The second kappa shape index (κ2) is 7.42. The van der Waals surface area contributed by atoms with E-state index in [0.29, 0.717) is 25.6 Å². The van der Waals surface area contributed by atoms with Gasteiger partial charge < -0.3 is 10.1 Å². The highest BCUT2D eigenvalue weighted by atomic mass is 16.5. The number of anilines is 1. The minimum absolute atomic E-state index is 0.0769. The number of nitrogens with one attached hydrogen (secondary N) is 1. The van der Waals surface area contributed by atoms with E-state index < -0.39 is 0 Å². The molecule has 1 saturated heterocycles. The first-order valence-corrected chi connectivity index (χ1v) is 8.95. The molecule has 1 amide bonds. The molecule has 3 aromatic rings. The molecule has 0 bridgehead atoms. The predicted molar refractivity (Wildman–Crippen MR) is 102 cm³/mol. The molecule has 0 saturated carbocycles. The lowest BCUT2D eigenvalue weighted by Gasteiger charge is -2.32. The van der Waals surface area contributed by atoms with Crippen molar-refractivity contribution in [3.05, 3.63) is 36.9 Å². The first-order chi connectivity index (χ1) is 13.1. The van der Waals surface area contributed by atoms with Crippen LogP contribution < -0.4 is 5.32 Å². The van der Waals surface area contributed by atoms with Gasteiger partial charge in [-0.25, -0.2) is 4.98 Å². The molecule has 3 aromatic heterocycles. The van der Waals surface area contributed by atoms with Crippen LogP contribution in [0.1, 0.15) is 6.92 Å². The fourth-order valence-electron chi connectivity index (χ4n) is 3.19. The van der Waals surface area contributed by atoms with E-state index in [4.69, 9.17) is 4.74 Å². The normalized spacial score (nSPS) is 17.9. The number of aromatic nitrogens is 4. The van der Waals surface area contributed by atoms with Gasteiger partial charge in [-0.05, 0) is 19.1 Å². The van der Waals surface area contributed by atoms with Crippen molar-refractivity contribution in [3.63, 3.8) is 0 Å². The van der Waals surface area contributed by atoms with E-state index in [-0.39, 0.29) is 11.9 Å². The number of nitrogens with zero attached hydrogens (tertiary/aromatic N) is 5. The molecule has 27 heavy (non-hydrogen) atoms. The molecule has 0 aliphatic carbocycles. The number of fused-ring (bicyclic) bond motifs is 1. The van der Waals surface area contributed by atoms with E-state index in [1.165, 1.54) is 0 Å². The lowest BCUT2D eigenvalue weighted by Crippen LogP contribution is -2.47. The molecule has 8 heteroatoms. The molecule has 0 aromatic carbocycles. The molecule has 1 aliphatic rings. The second-order valence-corrected chi connectivity index (χ2v) is 6.83. The topological polar surface area (TPSA) is 85.2 Å². The molecule has 1 fully saturated rings. The third-order valence-corrected chi connectivity index (χ3v) is 4.73. The van der Waals surface area contributed by atoms with Gasteiger partial charge in [0.15, 0.2) is 0 Å². The minimum Gasteiger partial charge on any atom is -0.379 e. The summed E-state index contributed by atoms with van der Waals surface area (Å²) in [5.41, 5.74) is 2.75. The van der Waals surface area contributed by atoms with Gasteiger partial charge in [0.1, 0.15) is 5.82 Å². The summed E-state index contributed by atoms with van der Waals surface area (Å²) in [6, 6.07) is 4.11. The number of pyridine rings is 2. The van der Waals surface area contributed by atoms with E-state index in [9.17, 15) is 4.79 Å². The highest BCUT2D eigenvalue weighted by molar-refractivity contribution is 5.93. The molecule has 1 unspecified atom stereocenters. The zero-order chi connectivity index (χ0) is 18.8. The molecule has 1 aliphatic heterocycles. The Morgan fingerprint density at radius 1 is 1.26 bits per heavy atom. The number of hydrogen-bond donors (Lipinski definition) is 1. The van der Waals surface area contributed by atoms with Gasteiger partial charge in [-0.15, -0.1) is 0 Å². The molecule has 140 valence electrons. The predicted octanol–water partition coefficient (Wildman–Crippen LogP) is 1.69. The Hall–Kier alpha value is -2.84. The van der Waals surface area contributed by atoms with Crippen molar-refractivity contribution in [2.45, 2.75) is 13.0 Å². The maximum Gasteiger partial charge on any atom is 0.239 e. The van der Waals surface area contributed by atoms with Gasteiger partial charge in [-0.1, -0.05) is 0 Å². The summed E-state index contributed by atoms with van der Waals surface area (Å²) in [6.45, 7) is 4.47. The lowest BCUT2D eigenvalue weighted by atomic mass is 10.1. The van der Waals surface area contributed by atoms with Crippen LogP contribution in [0.15, 0.2) is 36.9 Å². The Morgan fingerprint density at radius 3 is 2.93 bits per heavy atom. The molecule has 1 N–H and O–H groups in total. The second-order valence-electron chi connectivity index (χ2n) is 6.83. The average molecular weight is 366 g/mol. The van der Waals surface area contributed by atoms with Crippen molar-refractivity contribution in [2.75, 3.05) is 31.6 Å². The first-order valence-electron chi connectivity index (χ1n) is 8.95. The van der Waals surface area contributed by atoms with Gasteiger partial charge in [0, 0.05) is 48.5 Å². The molecule has 4 heterocycles. The number of ether oxygens (including phenoxy) is 1. The van der Waals surface area contributed by atoms with Crippen molar-refractivity contribution < 1.29 is 9.53 Å². The van der Waals surface area contributed by atoms with Gasteiger partial charge in [-0.2, -0.15) is 5.10 Å². The summed E-state index contributed by atoms with van der Waals surface area (Å²) in [5.74, 6) is 0.450. The van der Waals surface area contributed by atoms with Crippen LogP contribution in [0.3, 0.4) is 0 Å². The average Bonchev–Trinajstić information content (AvgIpc) is 3.09. The van der Waals surface area contributed by atoms with Crippen LogP contribution >= 0.6 is 0 Å². The quantitative estimate of drug-likeness (QED) is 0.756. The first kappa shape index (κ1) is 17.6. The molecule has 0 radical (unpaired) electrons. The number of carbonyl (C=O) groups is 1. The smallest absolute Gasteiger partial charge is 0.239 e. The summed E-state index contributed by atoms with van der Waals surface area (Å²) in [7, 11) is 1.88.